The monoisotopic (exact) mass is 455 g/mol. The summed E-state index contributed by atoms with van der Waals surface area (Å²) in [6, 6.07) is 20.7. The highest BCUT2D eigenvalue weighted by Crippen LogP contribution is 2.46. The molecule has 166 valence electrons. The highest BCUT2D eigenvalue weighted by molar-refractivity contribution is 8.06. The van der Waals surface area contributed by atoms with Crippen LogP contribution in [0.25, 0.3) is 11.3 Å². The minimum atomic E-state index is 0.557. The average Bonchev–Trinajstić information content (AvgIpc) is 3.39. The standard InChI is InChI=1S/C26H25N5OS/c1-2-32-21-14-12-19(13-15-21)23-18-33-26(31(23)20-9-5-3-6-10-20)22(17-27)25-29-28-24-11-7-4-8-16-30(24)25/h3,5-6,9-10,12-15,18H,2,4,7-8,11,16H2,1H3/b26-22-. The van der Waals surface area contributed by atoms with E-state index in [1.165, 1.54) is 6.42 Å². The molecule has 0 saturated carbocycles. The number of nitrogens with zero attached hydrogens (tertiary/aromatic N) is 5. The SMILES string of the molecule is CCOc1ccc(C2=CS/C(=C(/C#N)c3nnc4n3CCCCC4)N2c2ccccc2)cc1. The normalized spacial score (nSPS) is 17.1. The Kier molecular flexibility index (Phi) is 6.18. The Bertz CT molecular complexity index is 1240. The van der Waals surface area contributed by atoms with Crippen molar-refractivity contribution in [1.82, 2.24) is 14.8 Å². The zero-order valence-electron chi connectivity index (χ0n) is 18.6. The number of hydrogen-bond acceptors (Lipinski definition) is 6. The Hall–Kier alpha value is -3.50. The molecule has 0 saturated heterocycles. The van der Waals surface area contributed by atoms with E-state index in [4.69, 9.17) is 4.74 Å². The molecule has 0 aliphatic carbocycles. The molecule has 0 amide bonds. The zero-order valence-corrected chi connectivity index (χ0v) is 19.4. The van der Waals surface area contributed by atoms with E-state index in [0.717, 1.165) is 59.4 Å². The van der Waals surface area contributed by atoms with Crippen LogP contribution in [0.3, 0.4) is 0 Å². The summed E-state index contributed by atoms with van der Waals surface area (Å²) in [6.45, 7) is 3.47. The lowest BCUT2D eigenvalue weighted by molar-refractivity contribution is 0.340. The number of hydrogen-bond donors (Lipinski definition) is 0. The number of rotatable bonds is 5. The van der Waals surface area contributed by atoms with Gasteiger partial charge < -0.3 is 14.2 Å². The number of aromatic nitrogens is 3. The molecule has 3 aromatic rings. The van der Waals surface area contributed by atoms with Crippen LogP contribution in [0.4, 0.5) is 5.69 Å². The summed E-state index contributed by atoms with van der Waals surface area (Å²) in [6.07, 6.45) is 4.28. The number of para-hydroxylation sites is 1. The lowest BCUT2D eigenvalue weighted by Crippen LogP contribution is -2.18. The first-order chi connectivity index (χ1) is 16.3. The molecule has 2 aromatic carbocycles. The predicted molar refractivity (Wildman–Crippen MR) is 132 cm³/mol. The molecule has 0 fully saturated rings. The number of thioether (sulfide) groups is 1. The molecule has 1 aromatic heterocycles. The minimum absolute atomic E-state index is 0.557. The van der Waals surface area contributed by atoms with Gasteiger partial charge in [-0.3, -0.25) is 0 Å². The summed E-state index contributed by atoms with van der Waals surface area (Å²) < 4.78 is 7.75. The highest BCUT2D eigenvalue weighted by atomic mass is 32.2. The van der Waals surface area contributed by atoms with Gasteiger partial charge in [0, 0.05) is 24.1 Å². The van der Waals surface area contributed by atoms with Crippen LogP contribution in [0, 0.1) is 11.3 Å². The van der Waals surface area contributed by atoms with Gasteiger partial charge in [-0.1, -0.05) is 36.4 Å². The molecular formula is C26H25N5OS. The first kappa shape index (κ1) is 21.4. The largest absolute Gasteiger partial charge is 0.494 e. The summed E-state index contributed by atoms with van der Waals surface area (Å²) in [4.78, 5) is 2.15. The quantitative estimate of drug-likeness (QED) is 0.450. The lowest BCUT2D eigenvalue weighted by Gasteiger charge is -2.25. The fraction of sp³-hybridized carbons (Fsp3) is 0.269. The Balaban J connectivity index is 1.61. The Morgan fingerprint density at radius 2 is 1.88 bits per heavy atom. The molecule has 0 N–H and O–H groups in total. The highest BCUT2D eigenvalue weighted by Gasteiger charge is 2.30. The third-order valence-corrected chi connectivity index (χ3v) is 6.81. The molecule has 0 spiro atoms. The number of ether oxygens (including phenoxy) is 1. The second-order valence-electron chi connectivity index (χ2n) is 7.94. The summed E-state index contributed by atoms with van der Waals surface area (Å²) in [5.41, 5.74) is 3.64. The molecule has 33 heavy (non-hydrogen) atoms. The second kappa shape index (κ2) is 9.55. The summed E-state index contributed by atoms with van der Waals surface area (Å²) in [5, 5.41) is 22.1. The van der Waals surface area contributed by atoms with Crippen LogP contribution in [0.15, 0.2) is 65.0 Å². The molecule has 6 nitrogen and oxygen atoms in total. The molecule has 2 aliphatic rings. The molecule has 0 unspecified atom stereocenters. The topological polar surface area (TPSA) is 67.0 Å². The van der Waals surface area contributed by atoms with E-state index in [1.54, 1.807) is 11.8 Å². The molecule has 0 bridgehead atoms. The number of fused-ring (bicyclic) bond motifs is 1. The van der Waals surface area contributed by atoms with Crippen LogP contribution in [-0.2, 0) is 13.0 Å². The van der Waals surface area contributed by atoms with Gasteiger partial charge in [0.1, 0.15) is 28.2 Å². The number of benzene rings is 2. The van der Waals surface area contributed by atoms with Crippen molar-refractivity contribution in [3.8, 4) is 11.8 Å². The molecule has 2 aliphatic heterocycles. The predicted octanol–water partition coefficient (Wildman–Crippen LogP) is 5.85. The van der Waals surface area contributed by atoms with Crippen LogP contribution >= 0.6 is 11.8 Å². The first-order valence-corrected chi connectivity index (χ1v) is 12.2. The van der Waals surface area contributed by atoms with Crippen molar-refractivity contribution in [1.29, 1.82) is 5.26 Å². The third-order valence-electron chi connectivity index (χ3n) is 5.86. The first-order valence-electron chi connectivity index (χ1n) is 11.3. The van der Waals surface area contributed by atoms with Crippen molar-refractivity contribution in [2.75, 3.05) is 11.5 Å². The molecular weight excluding hydrogens is 430 g/mol. The maximum Gasteiger partial charge on any atom is 0.177 e. The van der Waals surface area contributed by atoms with E-state index in [0.29, 0.717) is 18.0 Å². The van der Waals surface area contributed by atoms with Gasteiger partial charge >= 0.3 is 0 Å². The second-order valence-corrected chi connectivity index (χ2v) is 8.80. The molecule has 0 atom stereocenters. The van der Waals surface area contributed by atoms with E-state index in [9.17, 15) is 5.26 Å². The molecule has 5 rings (SSSR count). The van der Waals surface area contributed by atoms with Crippen molar-refractivity contribution in [3.63, 3.8) is 0 Å². The zero-order chi connectivity index (χ0) is 22.6. The molecule has 3 heterocycles. The van der Waals surface area contributed by atoms with Gasteiger partial charge in [-0.15, -0.1) is 10.2 Å². The van der Waals surface area contributed by atoms with E-state index in [2.05, 4.69) is 55.4 Å². The fourth-order valence-electron chi connectivity index (χ4n) is 4.28. The van der Waals surface area contributed by atoms with Gasteiger partial charge in [-0.2, -0.15) is 5.26 Å². The summed E-state index contributed by atoms with van der Waals surface area (Å²) in [7, 11) is 0. The van der Waals surface area contributed by atoms with Gasteiger partial charge in [0.05, 0.1) is 12.3 Å². The maximum absolute atomic E-state index is 10.3. The van der Waals surface area contributed by atoms with Crippen molar-refractivity contribution in [3.05, 3.63) is 82.2 Å². The number of aryl methyl sites for hydroxylation is 1. The van der Waals surface area contributed by atoms with E-state index >= 15 is 0 Å². The molecule has 0 radical (unpaired) electrons. The van der Waals surface area contributed by atoms with Gasteiger partial charge in [0.15, 0.2) is 5.82 Å². The van der Waals surface area contributed by atoms with Crippen molar-refractivity contribution in [2.24, 2.45) is 0 Å². The van der Waals surface area contributed by atoms with Crippen LogP contribution in [-0.4, -0.2) is 21.4 Å². The van der Waals surface area contributed by atoms with Gasteiger partial charge in [-0.05, 0) is 61.7 Å². The number of anilines is 1. The Morgan fingerprint density at radius 3 is 2.64 bits per heavy atom. The van der Waals surface area contributed by atoms with E-state index in [-0.39, 0.29) is 0 Å². The van der Waals surface area contributed by atoms with Crippen LogP contribution in [0.1, 0.15) is 43.4 Å². The lowest BCUT2D eigenvalue weighted by atomic mass is 10.1. The Morgan fingerprint density at radius 1 is 1.06 bits per heavy atom. The van der Waals surface area contributed by atoms with Gasteiger partial charge in [0.2, 0.25) is 0 Å². The van der Waals surface area contributed by atoms with Crippen molar-refractivity contribution < 1.29 is 4.74 Å². The van der Waals surface area contributed by atoms with E-state index in [1.807, 2.05) is 37.3 Å². The van der Waals surface area contributed by atoms with E-state index < -0.39 is 0 Å². The molecule has 7 heteroatoms. The van der Waals surface area contributed by atoms with Crippen molar-refractivity contribution >= 4 is 28.7 Å². The van der Waals surface area contributed by atoms with Crippen LogP contribution in [0.5, 0.6) is 5.75 Å². The van der Waals surface area contributed by atoms with Crippen molar-refractivity contribution in [2.45, 2.75) is 39.2 Å². The summed E-state index contributed by atoms with van der Waals surface area (Å²) in [5.74, 6) is 2.49. The van der Waals surface area contributed by atoms with Crippen LogP contribution in [0.2, 0.25) is 0 Å². The van der Waals surface area contributed by atoms with Crippen LogP contribution < -0.4 is 9.64 Å². The average molecular weight is 456 g/mol. The van der Waals surface area contributed by atoms with Gasteiger partial charge in [0.25, 0.3) is 0 Å². The maximum atomic E-state index is 10.3. The number of allylic oxidation sites excluding steroid dienone is 1. The third kappa shape index (κ3) is 4.14. The smallest absolute Gasteiger partial charge is 0.177 e. The number of nitriles is 1. The van der Waals surface area contributed by atoms with Gasteiger partial charge in [-0.25, -0.2) is 0 Å². The minimum Gasteiger partial charge on any atom is -0.494 e. The Labute approximate surface area is 198 Å². The fourth-order valence-corrected chi connectivity index (χ4v) is 5.31. The summed E-state index contributed by atoms with van der Waals surface area (Å²) >= 11 is 1.56.